The number of aromatic nitrogens is 4. The molecule has 0 bridgehead atoms. The van der Waals surface area contributed by atoms with Crippen LogP contribution < -0.4 is 5.32 Å². The van der Waals surface area contributed by atoms with Gasteiger partial charge in [-0.2, -0.15) is 4.98 Å². The standard InChI is InChI=1S/C10H9N5O/c1-2-7(16-3-1)4-12-10-14-8-5-11-6-13-9(8)15-10/h1-3,5-6H,4H2,(H2,11,12,13,14,15). The number of hydrogen-bond acceptors (Lipinski definition) is 5. The lowest BCUT2D eigenvalue weighted by Gasteiger charge is -1.97. The van der Waals surface area contributed by atoms with Crippen LogP contribution in [0.5, 0.6) is 0 Å². The van der Waals surface area contributed by atoms with Crippen molar-refractivity contribution in [2.45, 2.75) is 6.54 Å². The fourth-order valence-corrected chi connectivity index (χ4v) is 1.43. The highest BCUT2D eigenvalue weighted by Crippen LogP contribution is 2.10. The molecule has 0 amide bonds. The maximum absolute atomic E-state index is 5.20. The van der Waals surface area contributed by atoms with Gasteiger partial charge in [0.2, 0.25) is 5.95 Å². The van der Waals surface area contributed by atoms with E-state index in [4.69, 9.17) is 4.42 Å². The molecule has 6 heteroatoms. The molecule has 16 heavy (non-hydrogen) atoms. The molecule has 3 heterocycles. The lowest BCUT2D eigenvalue weighted by Crippen LogP contribution is -1.99. The molecule has 0 aliphatic carbocycles. The third kappa shape index (κ3) is 1.60. The van der Waals surface area contributed by atoms with Crippen LogP contribution in [-0.2, 0) is 6.54 Å². The number of nitrogens with zero attached hydrogens (tertiary/aromatic N) is 3. The average molecular weight is 215 g/mol. The van der Waals surface area contributed by atoms with Crippen LogP contribution in [0.2, 0.25) is 0 Å². The summed E-state index contributed by atoms with van der Waals surface area (Å²) in [6.07, 6.45) is 4.80. The summed E-state index contributed by atoms with van der Waals surface area (Å²) < 4.78 is 5.20. The summed E-state index contributed by atoms with van der Waals surface area (Å²) in [5.74, 6) is 1.51. The van der Waals surface area contributed by atoms with E-state index in [0.717, 1.165) is 11.3 Å². The van der Waals surface area contributed by atoms with Crippen molar-refractivity contribution < 1.29 is 4.42 Å². The fourth-order valence-electron chi connectivity index (χ4n) is 1.43. The molecule has 0 saturated heterocycles. The third-order valence-corrected chi connectivity index (χ3v) is 2.17. The van der Waals surface area contributed by atoms with Gasteiger partial charge in [-0.25, -0.2) is 9.97 Å². The monoisotopic (exact) mass is 215 g/mol. The van der Waals surface area contributed by atoms with Gasteiger partial charge in [0.15, 0.2) is 5.65 Å². The van der Waals surface area contributed by atoms with Crippen LogP contribution in [0, 0.1) is 0 Å². The second kappa shape index (κ2) is 3.65. The number of hydrogen-bond donors (Lipinski definition) is 2. The van der Waals surface area contributed by atoms with Crippen molar-refractivity contribution in [1.82, 2.24) is 19.9 Å². The van der Waals surface area contributed by atoms with Crippen LogP contribution >= 0.6 is 0 Å². The van der Waals surface area contributed by atoms with Gasteiger partial charge in [0.1, 0.15) is 17.6 Å². The van der Waals surface area contributed by atoms with Gasteiger partial charge in [0.05, 0.1) is 19.0 Å². The van der Waals surface area contributed by atoms with Gasteiger partial charge in [-0.1, -0.05) is 0 Å². The summed E-state index contributed by atoms with van der Waals surface area (Å²) in [6.45, 7) is 0.584. The summed E-state index contributed by atoms with van der Waals surface area (Å²) in [5.41, 5.74) is 1.46. The topological polar surface area (TPSA) is 79.6 Å². The zero-order chi connectivity index (χ0) is 10.8. The van der Waals surface area contributed by atoms with E-state index in [2.05, 4.69) is 25.3 Å². The van der Waals surface area contributed by atoms with Crippen LogP contribution in [0.4, 0.5) is 5.95 Å². The maximum atomic E-state index is 5.20. The van der Waals surface area contributed by atoms with E-state index in [1.807, 2.05) is 12.1 Å². The number of anilines is 1. The maximum Gasteiger partial charge on any atom is 0.203 e. The predicted octanol–water partition coefficient (Wildman–Crippen LogP) is 1.56. The minimum atomic E-state index is 0.584. The van der Waals surface area contributed by atoms with Gasteiger partial charge in [-0.3, -0.25) is 0 Å². The summed E-state index contributed by atoms with van der Waals surface area (Å²) in [4.78, 5) is 15.3. The highest BCUT2D eigenvalue weighted by Gasteiger charge is 2.03. The van der Waals surface area contributed by atoms with Crippen molar-refractivity contribution in [1.29, 1.82) is 0 Å². The molecule has 0 aliphatic heterocycles. The zero-order valence-electron chi connectivity index (χ0n) is 8.34. The molecule has 2 N–H and O–H groups in total. The molecule has 0 radical (unpaired) electrons. The molecular weight excluding hydrogens is 206 g/mol. The van der Waals surface area contributed by atoms with Crippen molar-refractivity contribution >= 4 is 17.1 Å². The van der Waals surface area contributed by atoms with Crippen LogP contribution in [0.1, 0.15) is 5.76 Å². The second-order valence-corrected chi connectivity index (χ2v) is 3.28. The second-order valence-electron chi connectivity index (χ2n) is 3.28. The van der Waals surface area contributed by atoms with Gasteiger partial charge >= 0.3 is 0 Å². The van der Waals surface area contributed by atoms with Gasteiger partial charge < -0.3 is 14.7 Å². The van der Waals surface area contributed by atoms with E-state index in [0.29, 0.717) is 18.1 Å². The molecule has 6 nitrogen and oxygen atoms in total. The van der Waals surface area contributed by atoms with Gasteiger partial charge in [-0.15, -0.1) is 0 Å². The SMILES string of the molecule is c1coc(CNc2nc3ncncc3[nH]2)c1. The Kier molecular flexibility index (Phi) is 2.03. The number of rotatable bonds is 3. The Hall–Kier alpha value is -2.37. The Bertz CT molecular complexity index is 553. The van der Waals surface area contributed by atoms with Gasteiger partial charge in [0.25, 0.3) is 0 Å². The summed E-state index contributed by atoms with van der Waals surface area (Å²) in [6, 6.07) is 3.75. The molecule has 80 valence electrons. The number of nitrogens with one attached hydrogen (secondary N) is 2. The predicted molar refractivity (Wildman–Crippen MR) is 57.7 cm³/mol. The van der Waals surface area contributed by atoms with E-state index in [9.17, 15) is 0 Å². The van der Waals surface area contributed by atoms with Crippen LogP contribution in [0.3, 0.4) is 0 Å². The first-order valence-electron chi connectivity index (χ1n) is 4.84. The normalized spacial score (nSPS) is 10.8. The minimum Gasteiger partial charge on any atom is -0.467 e. The molecule has 3 aromatic heterocycles. The molecule has 3 aromatic rings. The van der Waals surface area contributed by atoms with Crippen molar-refractivity contribution in [3.63, 3.8) is 0 Å². The number of aromatic amines is 1. The number of imidazole rings is 1. The Labute approximate surface area is 90.7 Å². The Morgan fingerprint density at radius 2 is 2.44 bits per heavy atom. The third-order valence-electron chi connectivity index (χ3n) is 2.17. The molecule has 0 unspecified atom stereocenters. The number of furan rings is 1. The quantitative estimate of drug-likeness (QED) is 0.693. The van der Waals surface area contributed by atoms with Crippen molar-refractivity contribution in [3.8, 4) is 0 Å². The Morgan fingerprint density at radius 1 is 1.44 bits per heavy atom. The molecule has 0 aliphatic rings. The minimum absolute atomic E-state index is 0.584. The average Bonchev–Trinajstić information content (AvgIpc) is 2.95. The van der Waals surface area contributed by atoms with Crippen molar-refractivity contribution in [2.24, 2.45) is 0 Å². The smallest absolute Gasteiger partial charge is 0.203 e. The first kappa shape index (κ1) is 8.90. The number of fused-ring (bicyclic) bond motifs is 1. The van der Waals surface area contributed by atoms with Crippen LogP contribution in [0.15, 0.2) is 35.3 Å². The highest BCUT2D eigenvalue weighted by molar-refractivity contribution is 5.71. The lowest BCUT2D eigenvalue weighted by atomic mass is 10.4. The largest absolute Gasteiger partial charge is 0.467 e. The van der Waals surface area contributed by atoms with Crippen LogP contribution in [0.25, 0.3) is 11.2 Å². The van der Waals surface area contributed by atoms with E-state index in [-0.39, 0.29) is 0 Å². The van der Waals surface area contributed by atoms with Crippen molar-refractivity contribution in [2.75, 3.05) is 5.32 Å². The molecular formula is C10H9N5O. The van der Waals surface area contributed by atoms with E-state index in [1.54, 1.807) is 12.5 Å². The molecule has 0 fully saturated rings. The highest BCUT2D eigenvalue weighted by atomic mass is 16.3. The van der Waals surface area contributed by atoms with Crippen molar-refractivity contribution in [3.05, 3.63) is 36.7 Å². The summed E-state index contributed by atoms with van der Waals surface area (Å²) >= 11 is 0. The van der Waals surface area contributed by atoms with E-state index < -0.39 is 0 Å². The molecule has 0 spiro atoms. The van der Waals surface area contributed by atoms with E-state index >= 15 is 0 Å². The Morgan fingerprint density at radius 3 is 3.25 bits per heavy atom. The first-order chi connectivity index (χ1) is 7.92. The fraction of sp³-hybridized carbons (Fsp3) is 0.100. The van der Waals surface area contributed by atoms with Gasteiger partial charge in [0, 0.05) is 0 Å². The first-order valence-corrected chi connectivity index (χ1v) is 4.84. The number of H-pyrrole nitrogens is 1. The summed E-state index contributed by atoms with van der Waals surface area (Å²) in [7, 11) is 0. The molecule has 0 aromatic carbocycles. The Balaban J connectivity index is 1.79. The lowest BCUT2D eigenvalue weighted by molar-refractivity contribution is 0.517. The summed E-state index contributed by atoms with van der Waals surface area (Å²) in [5, 5.41) is 3.11. The molecule has 0 saturated carbocycles. The van der Waals surface area contributed by atoms with Gasteiger partial charge in [-0.05, 0) is 12.1 Å². The molecule has 0 atom stereocenters. The van der Waals surface area contributed by atoms with Crippen LogP contribution in [-0.4, -0.2) is 19.9 Å². The zero-order valence-corrected chi connectivity index (χ0v) is 8.34. The molecule has 3 rings (SSSR count). The van der Waals surface area contributed by atoms with E-state index in [1.165, 1.54) is 6.33 Å².